The van der Waals surface area contributed by atoms with Crippen molar-refractivity contribution in [2.75, 3.05) is 16.0 Å². The van der Waals surface area contributed by atoms with Crippen LogP contribution in [0.2, 0.25) is 0 Å². The molecule has 3 aromatic carbocycles. The van der Waals surface area contributed by atoms with Gasteiger partial charge in [0, 0.05) is 16.8 Å². The topological polar surface area (TPSA) is 49.4 Å². The van der Waals surface area contributed by atoms with Gasteiger partial charge in [0.05, 0.1) is 11.4 Å². The van der Waals surface area contributed by atoms with Crippen LogP contribution in [0.1, 0.15) is 53.0 Å². The number of nitrogens with one attached hydrogen (secondary N) is 1. The smallest absolute Gasteiger partial charge is 0.255 e. The third-order valence-corrected chi connectivity index (χ3v) is 6.93. The number of carbonyl (C=O) groups excluding carboxylic acids is 2. The lowest BCUT2D eigenvalue weighted by atomic mass is 10.0. The van der Waals surface area contributed by atoms with Crippen LogP contribution < -0.4 is 10.2 Å². The van der Waals surface area contributed by atoms with Crippen LogP contribution in [-0.4, -0.2) is 17.6 Å². The zero-order valence-corrected chi connectivity index (χ0v) is 19.4. The van der Waals surface area contributed by atoms with Gasteiger partial charge in [-0.05, 0) is 48.7 Å². The molecule has 0 spiro atoms. The first-order valence-electron chi connectivity index (χ1n) is 11.3. The van der Waals surface area contributed by atoms with Crippen LogP contribution in [0.25, 0.3) is 0 Å². The molecule has 1 N–H and O–H groups in total. The number of para-hydroxylation sites is 2. The molecule has 6 heteroatoms. The zero-order valence-electron chi connectivity index (χ0n) is 18.6. The molecule has 0 saturated carbocycles. The molecule has 1 saturated heterocycles. The van der Waals surface area contributed by atoms with Gasteiger partial charge in [-0.1, -0.05) is 62.2 Å². The lowest BCUT2D eigenvalue weighted by molar-refractivity contribution is -0.115. The minimum Gasteiger partial charge on any atom is -0.322 e. The van der Waals surface area contributed by atoms with E-state index in [1.165, 1.54) is 41.1 Å². The summed E-state index contributed by atoms with van der Waals surface area (Å²) in [7, 11) is 0. The molecule has 1 aliphatic heterocycles. The standard InChI is InChI=1S/C27H27FN2O2S/c1-2-3-4-9-19-14-16-20(17-15-19)26(32)29-23-12-7-5-10-21(23)27-30(25(31)18-33-27)24-13-8-6-11-22(24)28/h5-8,10-17,27H,2-4,9,18H2,1H3,(H,29,32). The quantitative estimate of drug-likeness (QED) is 0.384. The number of nitrogens with zero attached hydrogens (tertiary/aromatic N) is 1. The minimum absolute atomic E-state index is 0.158. The molecule has 0 bridgehead atoms. The van der Waals surface area contributed by atoms with Crippen LogP contribution in [0, 0.1) is 5.82 Å². The molecule has 3 aromatic rings. The van der Waals surface area contributed by atoms with Crippen LogP contribution in [0.3, 0.4) is 0 Å². The number of thioether (sulfide) groups is 1. The fraction of sp³-hybridized carbons (Fsp3) is 0.259. The molecule has 1 atom stereocenters. The van der Waals surface area contributed by atoms with E-state index < -0.39 is 11.2 Å². The second kappa shape index (κ2) is 10.7. The van der Waals surface area contributed by atoms with E-state index in [-0.39, 0.29) is 23.3 Å². The molecule has 1 fully saturated rings. The summed E-state index contributed by atoms with van der Waals surface area (Å²) in [5.74, 6) is -0.566. The fourth-order valence-electron chi connectivity index (χ4n) is 3.98. The summed E-state index contributed by atoms with van der Waals surface area (Å²) in [5.41, 5.74) is 3.42. The average Bonchev–Trinajstić information content (AvgIpc) is 3.21. The molecule has 4 rings (SSSR count). The van der Waals surface area contributed by atoms with Crippen molar-refractivity contribution in [3.63, 3.8) is 0 Å². The Kier molecular flexibility index (Phi) is 7.45. The molecule has 1 unspecified atom stereocenters. The number of anilines is 2. The van der Waals surface area contributed by atoms with E-state index in [0.29, 0.717) is 11.3 Å². The van der Waals surface area contributed by atoms with E-state index in [0.717, 1.165) is 18.4 Å². The summed E-state index contributed by atoms with van der Waals surface area (Å²) < 4.78 is 14.5. The number of unbranched alkanes of at least 4 members (excludes halogenated alkanes) is 2. The van der Waals surface area contributed by atoms with Gasteiger partial charge in [-0.25, -0.2) is 4.39 Å². The highest BCUT2D eigenvalue weighted by Gasteiger charge is 2.36. The number of benzene rings is 3. The Morgan fingerprint density at radius 3 is 2.52 bits per heavy atom. The van der Waals surface area contributed by atoms with Crippen LogP contribution >= 0.6 is 11.8 Å². The maximum atomic E-state index is 14.5. The van der Waals surface area contributed by atoms with Crippen molar-refractivity contribution in [1.29, 1.82) is 0 Å². The Morgan fingerprint density at radius 1 is 1.03 bits per heavy atom. The lowest BCUT2D eigenvalue weighted by Crippen LogP contribution is -2.29. The van der Waals surface area contributed by atoms with Gasteiger partial charge in [-0.3, -0.25) is 14.5 Å². The van der Waals surface area contributed by atoms with E-state index in [1.807, 2.05) is 48.5 Å². The maximum absolute atomic E-state index is 14.5. The van der Waals surface area contributed by atoms with Gasteiger partial charge >= 0.3 is 0 Å². The average molecular weight is 463 g/mol. The largest absolute Gasteiger partial charge is 0.322 e. The third kappa shape index (κ3) is 5.28. The third-order valence-electron chi connectivity index (χ3n) is 5.74. The van der Waals surface area contributed by atoms with Gasteiger partial charge in [-0.2, -0.15) is 0 Å². The Bertz CT molecular complexity index is 1130. The summed E-state index contributed by atoms with van der Waals surface area (Å²) >= 11 is 1.42. The second-order valence-corrected chi connectivity index (χ2v) is 9.14. The van der Waals surface area contributed by atoms with Crippen molar-refractivity contribution in [1.82, 2.24) is 0 Å². The summed E-state index contributed by atoms with van der Waals surface area (Å²) in [6.07, 6.45) is 4.53. The highest BCUT2D eigenvalue weighted by Crippen LogP contribution is 2.44. The van der Waals surface area contributed by atoms with Crippen molar-refractivity contribution in [2.45, 2.75) is 38.0 Å². The van der Waals surface area contributed by atoms with Crippen molar-refractivity contribution < 1.29 is 14.0 Å². The summed E-state index contributed by atoms with van der Waals surface area (Å²) in [6, 6.07) is 21.4. The van der Waals surface area contributed by atoms with Crippen molar-refractivity contribution in [3.8, 4) is 0 Å². The van der Waals surface area contributed by atoms with Crippen molar-refractivity contribution in [2.24, 2.45) is 0 Å². The van der Waals surface area contributed by atoms with E-state index in [9.17, 15) is 14.0 Å². The minimum atomic E-state index is -0.445. The first-order valence-corrected chi connectivity index (χ1v) is 12.3. The van der Waals surface area contributed by atoms with Crippen molar-refractivity contribution in [3.05, 3.63) is 95.3 Å². The lowest BCUT2D eigenvalue weighted by Gasteiger charge is -2.26. The van der Waals surface area contributed by atoms with Crippen molar-refractivity contribution >= 4 is 35.0 Å². The first kappa shape index (κ1) is 23.1. The molecule has 0 aromatic heterocycles. The first-order chi connectivity index (χ1) is 16.1. The predicted molar refractivity (Wildman–Crippen MR) is 133 cm³/mol. The second-order valence-electron chi connectivity index (χ2n) is 8.07. The molecular weight excluding hydrogens is 435 g/mol. The number of carbonyl (C=O) groups is 2. The maximum Gasteiger partial charge on any atom is 0.255 e. The highest BCUT2D eigenvalue weighted by molar-refractivity contribution is 8.00. The number of halogens is 1. The van der Waals surface area contributed by atoms with E-state index in [1.54, 1.807) is 18.2 Å². The van der Waals surface area contributed by atoms with Crippen LogP contribution in [0.4, 0.5) is 15.8 Å². The SMILES string of the molecule is CCCCCc1ccc(C(=O)Nc2ccccc2C2SCC(=O)N2c2ccccc2F)cc1. The van der Waals surface area contributed by atoms with Crippen LogP contribution in [0.5, 0.6) is 0 Å². The molecule has 0 radical (unpaired) electrons. The van der Waals surface area contributed by atoms with Gasteiger partial charge in [0.25, 0.3) is 5.91 Å². The number of rotatable bonds is 8. The Hall–Kier alpha value is -3.12. The summed E-state index contributed by atoms with van der Waals surface area (Å²) in [6.45, 7) is 2.18. The molecule has 170 valence electrons. The number of hydrogen-bond acceptors (Lipinski definition) is 3. The molecule has 0 aliphatic carbocycles. The Labute approximate surface area is 198 Å². The van der Waals surface area contributed by atoms with Gasteiger partial charge in [-0.15, -0.1) is 11.8 Å². The number of aryl methyl sites for hydroxylation is 1. The van der Waals surface area contributed by atoms with Gasteiger partial charge < -0.3 is 5.32 Å². The molecule has 1 heterocycles. The van der Waals surface area contributed by atoms with E-state index in [2.05, 4.69) is 12.2 Å². The van der Waals surface area contributed by atoms with E-state index >= 15 is 0 Å². The Morgan fingerprint density at radius 2 is 1.76 bits per heavy atom. The van der Waals surface area contributed by atoms with E-state index in [4.69, 9.17) is 0 Å². The fourth-order valence-corrected chi connectivity index (χ4v) is 5.19. The molecule has 4 nitrogen and oxygen atoms in total. The highest BCUT2D eigenvalue weighted by atomic mass is 32.2. The number of amides is 2. The Balaban J connectivity index is 1.55. The monoisotopic (exact) mass is 462 g/mol. The van der Waals surface area contributed by atoms with Gasteiger partial charge in [0.1, 0.15) is 11.2 Å². The molecule has 1 aliphatic rings. The normalized spacial score (nSPS) is 15.6. The molecule has 2 amide bonds. The van der Waals surface area contributed by atoms with Crippen LogP contribution in [0.15, 0.2) is 72.8 Å². The molecular formula is C27H27FN2O2S. The predicted octanol–water partition coefficient (Wildman–Crippen LogP) is 6.59. The molecule has 33 heavy (non-hydrogen) atoms. The summed E-state index contributed by atoms with van der Waals surface area (Å²) in [4.78, 5) is 27.1. The van der Waals surface area contributed by atoms with Gasteiger partial charge in [0.15, 0.2) is 0 Å². The number of hydrogen-bond donors (Lipinski definition) is 1. The zero-order chi connectivity index (χ0) is 23.2. The van der Waals surface area contributed by atoms with Crippen LogP contribution in [-0.2, 0) is 11.2 Å². The van der Waals surface area contributed by atoms with Gasteiger partial charge in [0.2, 0.25) is 5.91 Å². The summed E-state index contributed by atoms with van der Waals surface area (Å²) in [5, 5.41) is 2.57.